The Morgan fingerprint density at radius 2 is 2.13 bits per heavy atom. The second kappa shape index (κ2) is 3.72. The number of aromatic nitrogens is 2. The molecular formula is C9H13N3O3. The first kappa shape index (κ1) is 11.2. The van der Waals surface area contributed by atoms with Crippen molar-refractivity contribution in [2.75, 3.05) is 0 Å². The van der Waals surface area contributed by atoms with E-state index in [1.165, 1.54) is 20.0 Å². The summed E-state index contributed by atoms with van der Waals surface area (Å²) in [6.45, 7) is 4.55. The van der Waals surface area contributed by atoms with Crippen LogP contribution >= 0.6 is 0 Å². The van der Waals surface area contributed by atoms with Crippen LogP contribution in [0.5, 0.6) is 0 Å². The number of H-pyrrole nitrogens is 1. The number of nitrogens with zero attached hydrogens (tertiary/aromatic N) is 1. The normalized spacial score (nSPS) is 11.1. The first-order chi connectivity index (χ1) is 6.84. The maximum atomic E-state index is 11.6. The van der Waals surface area contributed by atoms with E-state index >= 15 is 0 Å². The molecule has 0 fully saturated rings. The Bertz CT molecular complexity index is 395. The lowest BCUT2D eigenvalue weighted by molar-refractivity contribution is -0.143. The van der Waals surface area contributed by atoms with E-state index in [-0.39, 0.29) is 5.69 Å². The van der Waals surface area contributed by atoms with E-state index in [0.29, 0.717) is 5.56 Å². The minimum Gasteiger partial charge on any atom is -0.480 e. The molecule has 0 radical (unpaired) electrons. The molecule has 0 bridgehead atoms. The van der Waals surface area contributed by atoms with Gasteiger partial charge in [-0.25, -0.2) is 4.79 Å². The molecule has 1 heterocycles. The Labute approximate surface area is 86.7 Å². The van der Waals surface area contributed by atoms with Gasteiger partial charge in [0, 0.05) is 0 Å². The fourth-order valence-corrected chi connectivity index (χ4v) is 0.976. The fraction of sp³-hybridized carbons (Fsp3) is 0.444. The van der Waals surface area contributed by atoms with Crippen LogP contribution in [0.2, 0.25) is 0 Å². The zero-order valence-corrected chi connectivity index (χ0v) is 8.79. The molecule has 0 aliphatic rings. The molecule has 0 aliphatic carbocycles. The van der Waals surface area contributed by atoms with Gasteiger partial charge in [-0.15, -0.1) is 0 Å². The molecule has 0 aliphatic heterocycles. The van der Waals surface area contributed by atoms with Crippen molar-refractivity contribution in [3.05, 3.63) is 17.5 Å². The number of carbonyl (C=O) groups excluding carboxylic acids is 1. The molecule has 15 heavy (non-hydrogen) atoms. The molecule has 1 amide bonds. The van der Waals surface area contributed by atoms with Gasteiger partial charge >= 0.3 is 5.97 Å². The van der Waals surface area contributed by atoms with Crippen molar-refractivity contribution in [3.8, 4) is 0 Å². The van der Waals surface area contributed by atoms with Crippen LogP contribution in [0.1, 0.15) is 29.9 Å². The van der Waals surface area contributed by atoms with Gasteiger partial charge < -0.3 is 10.4 Å². The topological polar surface area (TPSA) is 95.1 Å². The number of carbonyl (C=O) groups is 2. The predicted octanol–water partition coefficient (Wildman–Crippen LogP) is 0.311. The smallest absolute Gasteiger partial charge is 0.328 e. The minimum atomic E-state index is -1.30. The number of rotatable bonds is 3. The Morgan fingerprint density at radius 3 is 2.53 bits per heavy atom. The summed E-state index contributed by atoms with van der Waals surface area (Å²) in [7, 11) is 0. The fourth-order valence-electron chi connectivity index (χ4n) is 0.976. The zero-order valence-electron chi connectivity index (χ0n) is 8.79. The molecule has 1 aromatic heterocycles. The van der Waals surface area contributed by atoms with Crippen LogP contribution < -0.4 is 5.32 Å². The number of hydrogen-bond acceptors (Lipinski definition) is 3. The summed E-state index contributed by atoms with van der Waals surface area (Å²) in [6, 6.07) is 0. The third-order valence-electron chi connectivity index (χ3n) is 2.02. The highest BCUT2D eigenvalue weighted by atomic mass is 16.4. The van der Waals surface area contributed by atoms with Crippen LogP contribution in [-0.2, 0) is 4.79 Å². The molecule has 0 atom stereocenters. The van der Waals surface area contributed by atoms with Gasteiger partial charge in [-0.05, 0) is 26.3 Å². The number of carboxylic acid groups (broad SMARTS) is 1. The Kier molecular flexibility index (Phi) is 2.78. The first-order valence-corrected chi connectivity index (χ1v) is 4.40. The molecule has 1 rings (SSSR count). The quantitative estimate of drug-likeness (QED) is 0.670. The van der Waals surface area contributed by atoms with Gasteiger partial charge in [0.2, 0.25) is 0 Å². The van der Waals surface area contributed by atoms with E-state index < -0.39 is 17.4 Å². The maximum absolute atomic E-state index is 11.6. The van der Waals surface area contributed by atoms with Crippen LogP contribution in [0.3, 0.4) is 0 Å². The summed E-state index contributed by atoms with van der Waals surface area (Å²) >= 11 is 0. The van der Waals surface area contributed by atoms with Crippen molar-refractivity contribution in [2.45, 2.75) is 26.3 Å². The largest absolute Gasteiger partial charge is 0.480 e. The Morgan fingerprint density at radius 1 is 1.53 bits per heavy atom. The molecule has 6 nitrogen and oxygen atoms in total. The summed E-state index contributed by atoms with van der Waals surface area (Å²) in [6.07, 6.45) is 1.50. The predicted molar refractivity (Wildman–Crippen MR) is 52.5 cm³/mol. The van der Waals surface area contributed by atoms with Crippen molar-refractivity contribution in [3.63, 3.8) is 0 Å². The molecule has 0 saturated carbocycles. The lowest BCUT2D eigenvalue weighted by atomic mass is 10.1. The summed E-state index contributed by atoms with van der Waals surface area (Å²) in [4.78, 5) is 22.4. The van der Waals surface area contributed by atoms with Crippen LogP contribution in [0.25, 0.3) is 0 Å². The van der Waals surface area contributed by atoms with Gasteiger partial charge in [-0.1, -0.05) is 0 Å². The number of aromatic amines is 1. The third-order valence-corrected chi connectivity index (χ3v) is 2.02. The molecular weight excluding hydrogens is 198 g/mol. The number of amides is 1. The standard InChI is InChI=1S/C9H13N3O3/c1-5-4-10-12-6(5)7(13)11-9(2,3)8(14)15/h4H,1-3H3,(H,10,12)(H,11,13)(H,14,15). The number of aryl methyl sites for hydroxylation is 1. The summed E-state index contributed by atoms with van der Waals surface area (Å²) in [5.74, 6) is -1.56. The van der Waals surface area contributed by atoms with Gasteiger partial charge in [0.1, 0.15) is 11.2 Å². The van der Waals surface area contributed by atoms with E-state index in [4.69, 9.17) is 5.11 Å². The van der Waals surface area contributed by atoms with Crippen molar-refractivity contribution in [2.24, 2.45) is 0 Å². The molecule has 3 N–H and O–H groups in total. The molecule has 82 valence electrons. The van der Waals surface area contributed by atoms with Crippen LogP contribution in [0.15, 0.2) is 6.20 Å². The number of nitrogens with one attached hydrogen (secondary N) is 2. The summed E-state index contributed by atoms with van der Waals surface area (Å²) < 4.78 is 0. The molecule has 0 saturated heterocycles. The van der Waals surface area contributed by atoms with E-state index in [9.17, 15) is 9.59 Å². The van der Waals surface area contributed by atoms with E-state index in [0.717, 1.165) is 0 Å². The lowest BCUT2D eigenvalue weighted by Crippen LogP contribution is -2.49. The molecule has 1 aromatic rings. The monoisotopic (exact) mass is 211 g/mol. The highest BCUT2D eigenvalue weighted by Crippen LogP contribution is 2.07. The SMILES string of the molecule is Cc1cn[nH]c1C(=O)NC(C)(C)C(=O)O. The van der Waals surface area contributed by atoms with Gasteiger partial charge in [0.15, 0.2) is 0 Å². The Balaban J connectivity index is 2.81. The third kappa shape index (κ3) is 2.34. The highest BCUT2D eigenvalue weighted by molar-refractivity contribution is 5.97. The highest BCUT2D eigenvalue weighted by Gasteiger charge is 2.30. The summed E-state index contributed by atoms with van der Waals surface area (Å²) in [5, 5.41) is 17.4. The molecule has 0 unspecified atom stereocenters. The van der Waals surface area contributed by atoms with Crippen molar-refractivity contribution >= 4 is 11.9 Å². The van der Waals surface area contributed by atoms with Crippen LogP contribution in [0.4, 0.5) is 0 Å². The average Bonchev–Trinajstić information content (AvgIpc) is 2.50. The van der Waals surface area contributed by atoms with Gasteiger partial charge in [-0.2, -0.15) is 5.10 Å². The lowest BCUT2D eigenvalue weighted by Gasteiger charge is -2.20. The van der Waals surface area contributed by atoms with E-state index in [1.54, 1.807) is 6.92 Å². The summed E-state index contributed by atoms with van der Waals surface area (Å²) in [5.41, 5.74) is -0.340. The number of carboxylic acids is 1. The average molecular weight is 211 g/mol. The molecule has 6 heteroatoms. The number of aliphatic carboxylic acids is 1. The second-order valence-corrected chi connectivity index (χ2v) is 3.81. The number of hydrogen-bond donors (Lipinski definition) is 3. The molecule has 0 spiro atoms. The second-order valence-electron chi connectivity index (χ2n) is 3.81. The van der Waals surface area contributed by atoms with Crippen molar-refractivity contribution in [1.29, 1.82) is 0 Å². The van der Waals surface area contributed by atoms with E-state index in [1.807, 2.05) is 0 Å². The van der Waals surface area contributed by atoms with Gasteiger partial charge in [-0.3, -0.25) is 9.89 Å². The first-order valence-electron chi connectivity index (χ1n) is 4.40. The zero-order chi connectivity index (χ0) is 11.6. The Hall–Kier alpha value is -1.85. The van der Waals surface area contributed by atoms with Gasteiger partial charge in [0.25, 0.3) is 5.91 Å². The van der Waals surface area contributed by atoms with Crippen molar-refractivity contribution in [1.82, 2.24) is 15.5 Å². The van der Waals surface area contributed by atoms with E-state index in [2.05, 4.69) is 15.5 Å². The minimum absolute atomic E-state index is 0.282. The molecule has 0 aromatic carbocycles. The van der Waals surface area contributed by atoms with Crippen molar-refractivity contribution < 1.29 is 14.7 Å². The van der Waals surface area contributed by atoms with Crippen LogP contribution in [0, 0.1) is 6.92 Å². The van der Waals surface area contributed by atoms with Crippen LogP contribution in [-0.4, -0.2) is 32.7 Å². The van der Waals surface area contributed by atoms with Gasteiger partial charge in [0.05, 0.1) is 6.20 Å². The maximum Gasteiger partial charge on any atom is 0.328 e.